The van der Waals surface area contributed by atoms with Crippen molar-refractivity contribution in [1.82, 2.24) is 5.32 Å². The van der Waals surface area contributed by atoms with Gasteiger partial charge in [0.25, 0.3) is 5.91 Å². The number of hydrogen-bond acceptors (Lipinski definition) is 4. The number of phenols is 1. The van der Waals surface area contributed by atoms with Crippen molar-refractivity contribution in [3.05, 3.63) is 27.7 Å². The van der Waals surface area contributed by atoms with Gasteiger partial charge in [-0.2, -0.15) is 5.26 Å². The van der Waals surface area contributed by atoms with Crippen LogP contribution in [0.5, 0.6) is 11.5 Å². The highest BCUT2D eigenvalue weighted by Crippen LogP contribution is 2.34. The molecular formula is C17H19BrN2O3. The van der Waals surface area contributed by atoms with Crippen molar-refractivity contribution in [3.8, 4) is 17.6 Å². The van der Waals surface area contributed by atoms with Crippen LogP contribution in [0.3, 0.4) is 0 Å². The first-order chi connectivity index (χ1) is 11.0. The van der Waals surface area contributed by atoms with Crippen molar-refractivity contribution in [1.29, 1.82) is 5.26 Å². The van der Waals surface area contributed by atoms with E-state index in [9.17, 15) is 15.2 Å². The summed E-state index contributed by atoms with van der Waals surface area (Å²) in [4.78, 5) is 12.3. The Bertz CT molecular complexity index is 659. The quantitative estimate of drug-likeness (QED) is 0.620. The molecule has 122 valence electrons. The predicted molar refractivity (Wildman–Crippen MR) is 91.0 cm³/mol. The highest BCUT2D eigenvalue weighted by molar-refractivity contribution is 9.10. The maximum absolute atomic E-state index is 12.3. The number of halogens is 1. The molecule has 0 radical (unpaired) electrons. The Kier molecular flexibility index (Phi) is 6.05. The lowest BCUT2D eigenvalue weighted by atomic mass is 9.95. The van der Waals surface area contributed by atoms with E-state index < -0.39 is 5.91 Å². The minimum Gasteiger partial charge on any atom is -0.504 e. The number of rotatable bonds is 4. The normalized spacial score (nSPS) is 15.8. The van der Waals surface area contributed by atoms with Gasteiger partial charge < -0.3 is 15.2 Å². The molecule has 23 heavy (non-hydrogen) atoms. The average molecular weight is 379 g/mol. The van der Waals surface area contributed by atoms with Crippen molar-refractivity contribution in [2.24, 2.45) is 0 Å². The molecule has 0 spiro atoms. The third-order valence-electron chi connectivity index (χ3n) is 3.89. The van der Waals surface area contributed by atoms with Gasteiger partial charge in [-0.05, 0) is 31.1 Å². The number of aromatic hydroxyl groups is 1. The van der Waals surface area contributed by atoms with Crippen molar-refractivity contribution in [2.45, 2.75) is 38.1 Å². The molecule has 6 heteroatoms. The van der Waals surface area contributed by atoms with Crippen LogP contribution < -0.4 is 10.1 Å². The zero-order valence-corrected chi connectivity index (χ0v) is 14.5. The van der Waals surface area contributed by atoms with Crippen LogP contribution in [0.15, 0.2) is 22.2 Å². The Morgan fingerprint density at radius 3 is 2.74 bits per heavy atom. The van der Waals surface area contributed by atoms with Crippen LogP contribution in [0, 0.1) is 11.3 Å². The first kappa shape index (κ1) is 17.4. The standard InChI is InChI=1S/C17H19BrN2O3/c1-23-15-9-13(18)8-11(16(15)21)7-12(10-19)17(22)20-14-5-3-2-4-6-14/h7-9,14,21H,2-6H2,1H3,(H,20,22). The van der Waals surface area contributed by atoms with Gasteiger partial charge in [0.15, 0.2) is 11.5 Å². The second-order valence-electron chi connectivity index (χ2n) is 5.52. The summed E-state index contributed by atoms with van der Waals surface area (Å²) in [6, 6.07) is 5.27. The molecule has 0 saturated heterocycles. The number of carbonyl (C=O) groups excluding carboxylic acids is 1. The summed E-state index contributed by atoms with van der Waals surface area (Å²) in [7, 11) is 1.44. The molecule has 1 amide bonds. The Labute approximate surface area is 144 Å². The van der Waals surface area contributed by atoms with Gasteiger partial charge in [0, 0.05) is 16.1 Å². The molecule has 1 aromatic rings. The van der Waals surface area contributed by atoms with Gasteiger partial charge in [0.05, 0.1) is 7.11 Å². The van der Waals surface area contributed by atoms with E-state index in [1.165, 1.54) is 19.6 Å². The van der Waals surface area contributed by atoms with Crippen LogP contribution in [0.25, 0.3) is 6.08 Å². The van der Waals surface area contributed by atoms with E-state index in [2.05, 4.69) is 21.2 Å². The number of hydrogen-bond donors (Lipinski definition) is 2. The molecule has 0 aromatic heterocycles. The molecular weight excluding hydrogens is 360 g/mol. The number of amides is 1. The molecule has 1 aromatic carbocycles. The van der Waals surface area contributed by atoms with Crippen LogP contribution in [0.4, 0.5) is 0 Å². The van der Waals surface area contributed by atoms with Crippen LogP contribution in [-0.4, -0.2) is 24.2 Å². The number of nitrogens with one attached hydrogen (secondary N) is 1. The minimum atomic E-state index is -0.405. The topological polar surface area (TPSA) is 82.3 Å². The summed E-state index contributed by atoms with van der Waals surface area (Å²) in [5.74, 6) is -0.234. The Balaban J connectivity index is 2.23. The van der Waals surface area contributed by atoms with Gasteiger partial charge >= 0.3 is 0 Å². The molecule has 2 N–H and O–H groups in total. The van der Waals surface area contributed by atoms with Crippen LogP contribution >= 0.6 is 15.9 Å². The van der Waals surface area contributed by atoms with E-state index in [4.69, 9.17) is 4.74 Å². The smallest absolute Gasteiger partial charge is 0.262 e. The number of phenolic OH excluding ortho intramolecular Hbond substituents is 1. The lowest BCUT2D eigenvalue weighted by Crippen LogP contribution is -2.36. The van der Waals surface area contributed by atoms with E-state index >= 15 is 0 Å². The number of nitriles is 1. The molecule has 1 fully saturated rings. The summed E-state index contributed by atoms with van der Waals surface area (Å²) in [6.45, 7) is 0. The fourth-order valence-electron chi connectivity index (χ4n) is 2.67. The number of ether oxygens (including phenoxy) is 1. The van der Waals surface area contributed by atoms with E-state index in [-0.39, 0.29) is 23.1 Å². The van der Waals surface area contributed by atoms with Crippen LogP contribution in [0.2, 0.25) is 0 Å². The molecule has 0 bridgehead atoms. The predicted octanol–water partition coefficient (Wildman–Crippen LogP) is 3.52. The summed E-state index contributed by atoms with van der Waals surface area (Å²) < 4.78 is 5.75. The molecule has 1 aliphatic carbocycles. The van der Waals surface area contributed by atoms with Crippen molar-refractivity contribution >= 4 is 27.9 Å². The third kappa shape index (κ3) is 4.49. The molecule has 1 saturated carbocycles. The SMILES string of the molecule is COc1cc(Br)cc(C=C(C#N)C(=O)NC2CCCCC2)c1O. The molecule has 2 rings (SSSR count). The molecule has 1 aliphatic rings. The van der Waals surface area contributed by atoms with Gasteiger partial charge in [-0.3, -0.25) is 4.79 Å². The first-order valence-electron chi connectivity index (χ1n) is 7.54. The molecule has 0 atom stereocenters. The number of nitrogens with zero attached hydrogens (tertiary/aromatic N) is 1. The zero-order chi connectivity index (χ0) is 16.8. The van der Waals surface area contributed by atoms with E-state index in [1.807, 2.05) is 6.07 Å². The molecule has 5 nitrogen and oxygen atoms in total. The van der Waals surface area contributed by atoms with E-state index in [1.54, 1.807) is 12.1 Å². The summed E-state index contributed by atoms with van der Waals surface area (Å²) in [6.07, 6.45) is 6.65. The summed E-state index contributed by atoms with van der Waals surface area (Å²) in [5, 5.41) is 22.3. The maximum atomic E-state index is 12.3. The largest absolute Gasteiger partial charge is 0.504 e. The Hall–Kier alpha value is -2.00. The van der Waals surface area contributed by atoms with Crippen molar-refractivity contribution in [2.75, 3.05) is 7.11 Å². The Morgan fingerprint density at radius 2 is 2.13 bits per heavy atom. The monoisotopic (exact) mass is 378 g/mol. The maximum Gasteiger partial charge on any atom is 0.262 e. The minimum absolute atomic E-state index is 0.0361. The van der Waals surface area contributed by atoms with Crippen LogP contribution in [-0.2, 0) is 4.79 Å². The molecule has 0 unspecified atom stereocenters. The van der Waals surface area contributed by atoms with E-state index in [0.717, 1.165) is 25.7 Å². The Morgan fingerprint density at radius 1 is 1.43 bits per heavy atom. The van der Waals surface area contributed by atoms with E-state index in [0.29, 0.717) is 10.0 Å². The average Bonchev–Trinajstić information content (AvgIpc) is 2.55. The second-order valence-corrected chi connectivity index (χ2v) is 6.44. The highest BCUT2D eigenvalue weighted by atomic mass is 79.9. The molecule has 0 aliphatic heterocycles. The highest BCUT2D eigenvalue weighted by Gasteiger charge is 2.19. The number of benzene rings is 1. The first-order valence-corrected chi connectivity index (χ1v) is 8.33. The van der Waals surface area contributed by atoms with Crippen LogP contribution in [0.1, 0.15) is 37.7 Å². The second kappa shape index (κ2) is 8.02. The summed E-state index contributed by atoms with van der Waals surface area (Å²) >= 11 is 3.31. The zero-order valence-electron chi connectivity index (χ0n) is 12.9. The lowest BCUT2D eigenvalue weighted by Gasteiger charge is -2.22. The lowest BCUT2D eigenvalue weighted by molar-refractivity contribution is -0.117. The third-order valence-corrected chi connectivity index (χ3v) is 4.35. The fourth-order valence-corrected chi connectivity index (χ4v) is 3.13. The van der Waals surface area contributed by atoms with Crippen molar-refractivity contribution in [3.63, 3.8) is 0 Å². The fraction of sp³-hybridized carbons (Fsp3) is 0.412. The van der Waals surface area contributed by atoms with Crippen molar-refractivity contribution < 1.29 is 14.6 Å². The van der Waals surface area contributed by atoms with Gasteiger partial charge in [-0.25, -0.2) is 0 Å². The van der Waals surface area contributed by atoms with Gasteiger partial charge in [-0.15, -0.1) is 0 Å². The van der Waals surface area contributed by atoms with Gasteiger partial charge in [0.2, 0.25) is 0 Å². The number of methoxy groups -OCH3 is 1. The van der Waals surface area contributed by atoms with Gasteiger partial charge in [0.1, 0.15) is 11.6 Å². The molecule has 0 heterocycles. The number of carbonyl (C=O) groups is 1. The summed E-state index contributed by atoms with van der Waals surface area (Å²) in [5.41, 5.74) is 0.317. The van der Waals surface area contributed by atoms with Gasteiger partial charge in [-0.1, -0.05) is 35.2 Å².